The summed E-state index contributed by atoms with van der Waals surface area (Å²) in [5, 5.41) is 0.800. The van der Waals surface area contributed by atoms with Crippen molar-refractivity contribution in [1.82, 2.24) is 4.90 Å². The maximum Gasteiger partial charge on any atom is 0.253 e. The molecule has 0 saturated carbocycles. The Morgan fingerprint density at radius 3 is 2.11 bits per heavy atom. The third-order valence-corrected chi connectivity index (χ3v) is 6.41. The van der Waals surface area contributed by atoms with E-state index in [1.807, 2.05) is 4.90 Å². The molecule has 0 spiro atoms. The summed E-state index contributed by atoms with van der Waals surface area (Å²) in [6, 6.07) is 11.6. The molecule has 0 atom stereocenters. The zero-order valence-corrected chi connectivity index (χ0v) is 17.2. The predicted octanol–water partition coefficient (Wildman–Crippen LogP) is 4.20. The number of hydrogen-bond acceptors (Lipinski definition) is 3. The number of hydrogen-bond donors (Lipinski definition) is 0. The molecule has 0 aromatic heterocycles. The molecule has 144 valence electrons. The van der Waals surface area contributed by atoms with E-state index in [0.29, 0.717) is 26.9 Å². The number of carbonyl (C=O) groups is 1. The number of benzene rings is 2. The Morgan fingerprint density at radius 2 is 1.59 bits per heavy atom. The first-order valence-electron chi connectivity index (χ1n) is 8.57. The Kier molecular flexibility index (Phi) is 5.99. The van der Waals surface area contributed by atoms with Crippen LogP contribution in [0.4, 0.5) is 5.69 Å². The van der Waals surface area contributed by atoms with Gasteiger partial charge in [-0.05, 0) is 49.2 Å². The maximum absolute atomic E-state index is 12.5. The van der Waals surface area contributed by atoms with Crippen LogP contribution in [0.25, 0.3) is 0 Å². The minimum absolute atomic E-state index is 0.0107. The van der Waals surface area contributed by atoms with Crippen molar-refractivity contribution in [3.8, 4) is 0 Å². The van der Waals surface area contributed by atoms with Gasteiger partial charge >= 0.3 is 0 Å². The van der Waals surface area contributed by atoms with Crippen molar-refractivity contribution >= 4 is 44.8 Å². The molecule has 27 heavy (non-hydrogen) atoms. The van der Waals surface area contributed by atoms with Crippen molar-refractivity contribution in [2.45, 2.75) is 19.4 Å². The van der Waals surface area contributed by atoms with Crippen molar-refractivity contribution < 1.29 is 13.2 Å². The van der Waals surface area contributed by atoms with Crippen LogP contribution in [0.15, 0.2) is 42.5 Å². The summed E-state index contributed by atoms with van der Waals surface area (Å²) in [5.41, 5.74) is 1.53. The molecule has 1 amide bonds. The SMILES string of the molecule is CS(=O)(=O)N(Cc1c(Cl)cccc1Cl)c1ccc(C(=O)N2CCCC2)cc1. The van der Waals surface area contributed by atoms with E-state index in [9.17, 15) is 13.2 Å². The van der Waals surface area contributed by atoms with Crippen LogP contribution < -0.4 is 4.31 Å². The zero-order valence-electron chi connectivity index (χ0n) is 14.9. The Balaban J connectivity index is 1.89. The van der Waals surface area contributed by atoms with Crippen LogP contribution in [-0.2, 0) is 16.6 Å². The summed E-state index contributed by atoms with van der Waals surface area (Å²) >= 11 is 12.4. The van der Waals surface area contributed by atoms with Gasteiger partial charge in [-0.25, -0.2) is 8.42 Å². The fourth-order valence-electron chi connectivity index (χ4n) is 3.10. The smallest absolute Gasteiger partial charge is 0.253 e. The summed E-state index contributed by atoms with van der Waals surface area (Å²) < 4.78 is 25.9. The molecule has 2 aromatic rings. The molecule has 8 heteroatoms. The summed E-state index contributed by atoms with van der Waals surface area (Å²) in [5.74, 6) is -0.0286. The molecule has 5 nitrogen and oxygen atoms in total. The van der Waals surface area contributed by atoms with Crippen LogP contribution >= 0.6 is 23.2 Å². The molecular formula is C19H20Cl2N2O3S. The molecule has 2 aromatic carbocycles. The lowest BCUT2D eigenvalue weighted by molar-refractivity contribution is 0.0793. The number of anilines is 1. The lowest BCUT2D eigenvalue weighted by atomic mass is 10.1. The second-order valence-electron chi connectivity index (χ2n) is 6.52. The molecule has 0 unspecified atom stereocenters. The van der Waals surface area contributed by atoms with E-state index in [4.69, 9.17) is 23.2 Å². The van der Waals surface area contributed by atoms with Gasteiger partial charge in [0.2, 0.25) is 10.0 Å². The lowest BCUT2D eigenvalue weighted by Crippen LogP contribution is -2.30. The highest BCUT2D eigenvalue weighted by Gasteiger charge is 2.23. The number of rotatable bonds is 5. The quantitative estimate of drug-likeness (QED) is 0.719. The lowest BCUT2D eigenvalue weighted by Gasteiger charge is -2.24. The normalized spacial score (nSPS) is 14.4. The largest absolute Gasteiger partial charge is 0.339 e. The first-order valence-corrected chi connectivity index (χ1v) is 11.2. The number of amides is 1. The van der Waals surface area contributed by atoms with E-state index in [2.05, 4.69) is 0 Å². The van der Waals surface area contributed by atoms with Gasteiger partial charge in [0.05, 0.1) is 18.5 Å². The van der Waals surface area contributed by atoms with Gasteiger partial charge in [0.15, 0.2) is 0 Å². The van der Waals surface area contributed by atoms with E-state index in [-0.39, 0.29) is 12.5 Å². The van der Waals surface area contributed by atoms with Crippen LogP contribution in [0.3, 0.4) is 0 Å². The predicted molar refractivity (Wildman–Crippen MR) is 109 cm³/mol. The molecule has 0 radical (unpaired) electrons. The molecule has 1 fully saturated rings. The van der Waals surface area contributed by atoms with Crippen LogP contribution in [0.5, 0.6) is 0 Å². The fourth-order valence-corrected chi connectivity index (χ4v) is 4.49. The van der Waals surface area contributed by atoms with Gasteiger partial charge in [0, 0.05) is 34.3 Å². The summed E-state index contributed by atoms with van der Waals surface area (Å²) in [4.78, 5) is 14.3. The average molecular weight is 427 g/mol. The molecule has 1 heterocycles. The van der Waals surface area contributed by atoms with E-state index in [1.165, 1.54) is 4.31 Å². The first-order chi connectivity index (χ1) is 12.8. The van der Waals surface area contributed by atoms with Crippen LogP contribution in [0.1, 0.15) is 28.8 Å². The van der Waals surface area contributed by atoms with Crippen LogP contribution in [0.2, 0.25) is 10.0 Å². The third kappa shape index (κ3) is 4.57. The van der Waals surface area contributed by atoms with Crippen LogP contribution in [0, 0.1) is 0 Å². The summed E-state index contributed by atoms with van der Waals surface area (Å²) in [7, 11) is -3.58. The molecular weight excluding hydrogens is 407 g/mol. The minimum Gasteiger partial charge on any atom is -0.339 e. The highest BCUT2D eigenvalue weighted by molar-refractivity contribution is 7.92. The molecule has 1 aliphatic heterocycles. The minimum atomic E-state index is -3.58. The number of likely N-dealkylation sites (tertiary alicyclic amines) is 1. The molecule has 3 rings (SSSR count). The van der Waals surface area contributed by atoms with Gasteiger partial charge in [0.1, 0.15) is 0 Å². The fraction of sp³-hybridized carbons (Fsp3) is 0.316. The highest BCUT2D eigenvalue weighted by Crippen LogP contribution is 2.29. The van der Waals surface area contributed by atoms with E-state index < -0.39 is 10.0 Å². The van der Waals surface area contributed by atoms with Crippen LogP contribution in [-0.4, -0.2) is 38.6 Å². The van der Waals surface area contributed by atoms with Gasteiger partial charge in [-0.2, -0.15) is 0 Å². The molecule has 0 bridgehead atoms. The topological polar surface area (TPSA) is 57.7 Å². The Hall–Kier alpha value is -1.76. The van der Waals surface area contributed by atoms with E-state index in [1.54, 1.807) is 42.5 Å². The van der Waals surface area contributed by atoms with Gasteiger partial charge in [-0.1, -0.05) is 29.3 Å². The number of carbonyl (C=O) groups excluding carboxylic acids is 1. The summed E-state index contributed by atoms with van der Waals surface area (Å²) in [6.45, 7) is 1.54. The van der Waals surface area contributed by atoms with Gasteiger partial charge in [-0.3, -0.25) is 9.10 Å². The third-order valence-electron chi connectivity index (χ3n) is 4.56. The Labute approximate surface area is 169 Å². The average Bonchev–Trinajstić information content (AvgIpc) is 3.15. The number of sulfonamides is 1. The molecule has 0 N–H and O–H groups in total. The standard InChI is InChI=1S/C19H20Cl2N2O3S/c1-27(25,26)23(13-16-17(20)5-4-6-18(16)21)15-9-7-14(8-10-15)19(24)22-11-2-3-12-22/h4-10H,2-3,11-13H2,1H3. The van der Waals surface area contributed by atoms with Crippen molar-refractivity contribution in [3.63, 3.8) is 0 Å². The van der Waals surface area contributed by atoms with Crippen molar-refractivity contribution in [2.75, 3.05) is 23.7 Å². The second-order valence-corrected chi connectivity index (χ2v) is 9.24. The Morgan fingerprint density at radius 1 is 1.04 bits per heavy atom. The zero-order chi connectivity index (χ0) is 19.6. The second kappa shape index (κ2) is 8.09. The van der Waals surface area contributed by atoms with Gasteiger partial charge in [0.25, 0.3) is 5.91 Å². The van der Waals surface area contributed by atoms with E-state index >= 15 is 0 Å². The van der Waals surface area contributed by atoms with Gasteiger partial charge in [-0.15, -0.1) is 0 Å². The first kappa shape index (κ1) is 20.0. The van der Waals surface area contributed by atoms with Crippen molar-refractivity contribution in [2.24, 2.45) is 0 Å². The van der Waals surface area contributed by atoms with Gasteiger partial charge < -0.3 is 4.90 Å². The van der Waals surface area contributed by atoms with Crippen molar-refractivity contribution in [1.29, 1.82) is 0 Å². The monoisotopic (exact) mass is 426 g/mol. The highest BCUT2D eigenvalue weighted by atomic mass is 35.5. The van der Waals surface area contributed by atoms with E-state index in [0.717, 1.165) is 32.2 Å². The molecule has 0 aliphatic carbocycles. The molecule has 1 saturated heterocycles. The maximum atomic E-state index is 12.5. The molecule has 1 aliphatic rings. The van der Waals surface area contributed by atoms with Crippen molar-refractivity contribution in [3.05, 3.63) is 63.6 Å². The Bertz CT molecular complexity index is 920. The number of nitrogens with zero attached hydrogens (tertiary/aromatic N) is 2. The number of halogens is 2. The summed E-state index contributed by atoms with van der Waals surface area (Å²) in [6.07, 6.45) is 3.16.